The molecule has 2 rings (SSSR count). The highest BCUT2D eigenvalue weighted by Crippen LogP contribution is 2.28. The van der Waals surface area contributed by atoms with Gasteiger partial charge in [0, 0.05) is 4.47 Å². The summed E-state index contributed by atoms with van der Waals surface area (Å²) in [6.07, 6.45) is 0. The van der Waals surface area contributed by atoms with Crippen molar-refractivity contribution in [3.63, 3.8) is 0 Å². The van der Waals surface area contributed by atoms with Gasteiger partial charge in [-0.2, -0.15) is 0 Å². The van der Waals surface area contributed by atoms with Gasteiger partial charge in [0.2, 0.25) is 0 Å². The highest BCUT2D eigenvalue weighted by Gasteiger charge is 2.16. The van der Waals surface area contributed by atoms with E-state index < -0.39 is 10.0 Å². The number of nitrogens with two attached hydrogens (primary N) is 1. The smallest absolute Gasteiger partial charge is 0.261 e. The molecule has 0 heterocycles. The summed E-state index contributed by atoms with van der Waals surface area (Å²) in [7, 11) is -3.72. The number of hydrogen-bond acceptors (Lipinski definition) is 3. The Kier molecular flexibility index (Phi) is 4.49. The Hall–Kier alpha value is -0.950. The van der Waals surface area contributed by atoms with Crippen molar-refractivity contribution in [2.75, 3.05) is 10.5 Å². The van der Waals surface area contributed by atoms with Crippen LogP contribution in [0.5, 0.6) is 0 Å². The van der Waals surface area contributed by atoms with E-state index >= 15 is 0 Å². The van der Waals surface area contributed by atoms with Gasteiger partial charge in [0.1, 0.15) is 0 Å². The van der Waals surface area contributed by atoms with Crippen molar-refractivity contribution >= 4 is 60.5 Å². The van der Waals surface area contributed by atoms with Gasteiger partial charge in [-0.3, -0.25) is 4.72 Å². The van der Waals surface area contributed by atoms with Crippen LogP contribution in [-0.2, 0) is 10.0 Å². The van der Waals surface area contributed by atoms with E-state index in [0.29, 0.717) is 25.9 Å². The van der Waals surface area contributed by atoms with E-state index in [9.17, 15) is 8.42 Å². The predicted octanol–water partition coefficient (Wildman–Crippen LogP) is 4.14. The number of nitrogens with one attached hydrogen (secondary N) is 1. The zero-order chi connectivity index (χ0) is 14.9. The predicted molar refractivity (Wildman–Crippen MR) is 85.8 cm³/mol. The van der Waals surface area contributed by atoms with Crippen LogP contribution in [0.15, 0.2) is 45.8 Å². The van der Waals surface area contributed by atoms with Gasteiger partial charge in [0.25, 0.3) is 10.0 Å². The zero-order valence-electron chi connectivity index (χ0n) is 9.90. The minimum absolute atomic E-state index is 0.0855. The number of benzene rings is 2. The third-order valence-electron chi connectivity index (χ3n) is 2.45. The third kappa shape index (κ3) is 3.38. The zero-order valence-corrected chi connectivity index (χ0v) is 13.8. The van der Waals surface area contributed by atoms with Crippen LogP contribution in [0.4, 0.5) is 11.4 Å². The van der Waals surface area contributed by atoms with Gasteiger partial charge in [-0.1, -0.05) is 23.2 Å². The van der Waals surface area contributed by atoms with E-state index in [1.807, 2.05) is 0 Å². The lowest BCUT2D eigenvalue weighted by Gasteiger charge is -2.10. The number of nitrogen functional groups attached to an aromatic ring is 1. The summed E-state index contributed by atoms with van der Waals surface area (Å²) >= 11 is 14.8. The largest absolute Gasteiger partial charge is 0.397 e. The number of sulfonamides is 1. The molecule has 106 valence electrons. The fourth-order valence-corrected chi connectivity index (χ4v) is 3.31. The molecule has 2 aromatic rings. The second-order valence-electron chi connectivity index (χ2n) is 3.92. The molecule has 4 nitrogen and oxygen atoms in total. The lowest BCUT2D eigenvalue weighted by Crippen LogP contribution is -2.13. The molecule has 0 spiro atoms. The fraction of sp³-hybridized carbons (Fsp3) is 0. The van der Waals surface area contributed by atoms with Crippen molar-refractivity contribution in [3.05, 3.63) is 50.9 Å². The third-order valence-corrected chi connectivity index (χ3v) is 5.39. The molecule has 2 aromatic carbocycles. The Morgan fingerprint density at radius 1 is 1.05 bits per heavy atom. The first-order valence-electron chi connectivity index (χ1n) is 5.32. The Morgan fingerprint density at radius 3 is 2.30 bits per heavy atom. The van der Waals surface area contributed by atoms with E-state index in [4.69, 9.17) is 28.9 Å². The molecule has 0 saturated carbocycles. The van der Waals surface area contributed by atoms with Crippen molar-refractivity contribution in [3.8, 4) is 0 Å². The van der Waals surface area contributed by atoms with E-state index in [-0.39, 0.29) is 4.90 Å². The van der Waals surface area contributed by atoms with Crippen LogP contribution in [0, 0.1) is 0 Å². The van der Waals surface area contributed by atoms with Gasteiger partial charge in [0.15, 0.2) is 0 Å². The molecule has 0 aliphatic heterocycles. The Bertz CT molecular complexity index is 766. The molecule has 0 bridgehead atoms. The van der Waals surface area contributed by atoms with Crippen LogP contribution in [0.3, 0.4) is 0 Å². The highest BCUT2D eigenvalue weighted by atomic mass is 79.9. The molecule has 0 fully saturated rings. The summed E-state index contributed by atoms with van der Waals surface area (Å²) in [5.41, 5.74) is 6.26. The minimum Gasteiger partial charge on any atom is -0.397 e. The SMILES string of the molecule is Nc1cc(NS(=O)(=O)c2ccc(Cl)c(Br)c2)ccc1Cl. The molecular weight excluding hydrogens is 387 g/mol. The highest BCUT2D eigenvalue weighted by molar-refractivity contribution is 9.10. The molecule has 0 atom stereocenters. The summed E-state index contributed by atoms with van der Waals surface area (Å²) in [6, 6.07) is 8.83. The lowest BCUT2D eigenvalue weighted by molar-refractivity contribution is 0.601. The Balaban J connectivity index is 2.35. The maximum Gasteiger partial charge on any atom is 0.261 e. The topological polar surface area (TPSA) is 72.2 Å². The number of anilines is 2. The first-order valence-corrected chi connectivity index (χ1v) is 8.36. The molecule has 0 aliphatic rings. The van der Waals surface area contributed by atoms with Gasteiger partial charge in [-0.05, 0) is 52.3 Å². The van der Waals surface area contributed by atoms with Crippen LogP contribution in [-0.4, -0.2) is 8.42 Å². The molecule has 0 unspecified atom stereocenters. The summed E-state index contributed by atoms with van der Waals surface area (Å²) < 4.78 is 27.3. The first-order chi connectivity index (χ1) is 9.29. The maximum atomic E-state index is 12.2. The molecule has 0 amide bonds. The van der Waals surface area contributed by atoms with Crippen molar-refractivity contribution in [2.45, 2.75) is 4.90 Å². The van der Waals surface area contributed by atoms with Crippen molar-refractivity contribution < 1.29 is 8.42 Å². The first kappa shape index (κ1) is 15.4. The van der Waals surface area contributed by atoms with E-state index in [2.05, 4.69) is 20.7 Å². The van der Waals surface area contributed by atoms with Gasteiger partial charge < -0.3 is 5.73 Å². The molecule has 0 aliphatic carbocycles. The maximum absolute atomic E-state index is 12.2. The number of halogens is 3. The summed E-state index contributed by atoms with van der Waals surface area (Å²) in [5.74, 6) is 0. The molecule has 20 heavy (non-hydrogen) atoms. The monoisotopic (exact) mass is 394 g/mol. The lowest BCUT2D eigenvalue weighted by atomic mass is 10.3. The second kappa shape index (κ2) is 5.81. The minimum atomic E-state index is -3.72. The van der Waals surface area contributed by atoms with Crippen molar-refractivity contribution in [1.29, 1.82) is 0 Å². The fourth-order valence-electron chi connectivity index (χ4n) is 1.47. The van der Waals surface area contributed by atoms with E-state index in [0.717, 1.165) is 0 Å². The van der Waals surface area contributed by atoms with E-state index in [1.165, 1.54) is 36.4 Å². The van der Waals surface area contributed by atoms with Gasteiger partial charge in [-0.25, -0.2) is 8.42 Å². The van der Waals surface area contributed by atoms with Crippen LogP contribution < -0.4 is 10.5 Å². The quantitative estimate of drug-likeness (QED) is 0.767. The average molecular weight is 396 g/mol. The Morgan fingerprint density at radius 2 is 1.70 bits per heavy atom. The van der Waals surface area contributed by atoms with Crippen LogP contribution in [0.25, 0.3) is 0 Å². The average Bonchev–Trinajstić information content (AvgIpc) is 2.37. The van der Waals surface area contributed by atoms with Crippen molar-refractivity contribution in [1.82, 2.24) is 0 Å². The van der Waals surface area contributed by atoms with Gasteiger partial charge in [0.05, 0.1) is 26.3 Å². The van der Waals surface area contributed by atoms with Gasteiger partial charge in [-0.15, -0.1) is 0 Å². The Labute approximate surface area is 135 Å². The van der Waals surface area contributed by atoms with E-state index in [1.54, 1.807) is 0 Å². The second-order valence-corrected chi connectivity index (χ2v) is 7.27. The summed E-state index contributed by atoms with van der Waals surface area (Å²) in [6.45, 7) is 0. The molecule has 0 saturated heterocycles. The van der Waals surface area contributed by atoms with Crippen LogP contribution >= 0.6 is 39.1 Å². The molecule has 0 aromatic heterocycles. The van der Waals surface area contributed by atoms with Crippen molar-refractivity contribution in [2.24, 2.45) is 0 Å². The van der Waals surface area contributed by atoms with Crippen LogP contribution in [0.1, 0.15) is 0 Å². The normalized spacial score (nSPS) is 11.3. The molecular formula is C12H9BrCl2N2O2S. The van der Waals surface area contributed by atoms with Crippen LogP contribution in [0.2, 0.25) is 10.0 Å². The molecule has 3 N–H and O–H groups in total. The van der Waals surface area contributed by atoms with Gasteiger partial charge >= 0.3 is 0 Å². The summed E-state index contributed by atoms with van der Waals surface area (Å²) in [5, 5.41) is 0.793. The summed E-state index contributed by atoms with van der Waals surface area (Å²) in [4.78, 5) is 0.0855. The molecule has 8 heteroatoms. The number of rotatable bonds is 3. The number of hydrogen-bond donors (Lipinski definition) is 2. The standard InChI is InChI=1S/C12H9BrCl2N2O2S/c13-9-6-8(2-4-10(9)14)20(18,19)17-7-1-3-11(15)12(16)5-7/h1-6,17H,16H2. The molecule has 0 radical (unpaired) electrons.